The third-order valence-electron chi connectivity index (χ3n) is 17.6. The van der Waals surface area contributed by atoms with E-state index in [1.54, 1.807) is 92.8 Å². The Kier molecular flexibility index (Phi) is 30.4. The predicted octanol–water partition coefficient (Wildman–Crippen LogP) is -2.47. The molecule has 3 heterocycles. The first kappa shape index (κ1) is 81.0. The molecule has 7 rings (SSSR count). The van der Waals surface area contributed by atoms with Gasteiger partial charge in [0.25, 0.3) is 0 Å². The zero-order valence-electron chi connectivity index (χ0n) is 58.3. The van der Waals surface area contributed by atoms with E-state index in [2.05, 4.69) is 68.8 Å². The summed E-state index contributed by atoms with van der Waals surface area (Å²) in [6.45, 7) is 3.24. The van der Waals surface area contributed by atoms with E-state index >= 15 is 19.2 Å². The van der Waals surface area contributed by atoms with E-state index in [0.717, 1.165) is 17.7 Å². The Labute approximate surface area is 609 Å². The van der Waals surface area contributed by atoms with Crippen molar-refractivity contribution in [3.05, 3.63) is 119 Å². The number of carboxylic acid groups (broad SMARTS) is 1. The lowest BCUT2D eigenvalue weighted by atomic mass is 9.98. The van der Waals surface area contributed by atoms with Gasteiger partial charge in [0.1, 0.15) is 60.4 Å². The fourth-order valence-corrected chi connectivity index (χ4v) is 12.3. The molecule has 4 aromatic carbocycles. The maximum Gasteiger partial charge on any atom is 0.327 e. The van der Waals surface area contributed by atoms with Gasteiger partial charge in [-0.15, -0.1) is 0 Å². The Morgan fingerprint density at radius 1 is 0.695 bits per heavy atom. The number of aromatic nitrogens is 1. The summed E-state index contributed by atoms with van der Waals surface area (Å²) in [5, 5.41) is 51.0. The van der Waals surface area contributed by atoms with Crippen LogP contribution >= 0.6 is 11.6 Å². The van der Waals surface area contributed by atoms with Gasteiger partial charge in [-0.2, -0.15) is 0 Å². The zero-order chi connectivity index (χ0) is 76.4. The van der Waals surface area contributed by atoms with Crippen LogP contribution in [-0.2, 0) is 86.4 Å². The first-order valence-corrected chi connectivity index (χ1v) is 34.8. The Bertz CT molecular complexity index is 4010. The van der Waals surface area contributed by atoms with Gasteiger partial charge in [-0.05, 0) is 96.5 Å². The SMILES string of the molecule is CC(=O)N[C@H]1CCC(=O)NCC(=O)NCC[C@H](C(=O)N[C@H](Cc2ccc3ccccc3c2)C(=O)N[C@@H](CC(C)C)C(=O)N[C@@H](CCCNC(=N)N)C(=O)N2CCC[C@H]2C(=O)N[C@@H](CN)C(=O)O)NC(=O)[C@H](CC(=O)NN)NC(=O)[C@@H](Cc2c[nH]c3ccccc23)NC(=O)[C@@H](Cc2ccc(Cl)cc2)NC1=O. The van der Waals surface area contributed by atoms with Crippen LogP contribution in [0.15, 0.2) is 97.2 Å². The molecule has 2 aliphatic rings. The highest BCUT2D eigenvalue weighted by Crippen LogP contribution is 2.24. The molecule has 2 saturated heterocycles. The fraction of sp³-hybridized carbons (Fsp3) is 0.443. The second kappa shape index (κ2) is 39.4. The number of fused-ring (bicyclic) bond motifs is 2. The molecule has 35 heteroatoms. The first-order valence-electron chi connectivity index (χ1n) is 34.4. The lowest BCUT2D eigenvalue weighted by Gasteiger charge is -2.31. The number of rotatable bonds is 26. The number of nitrogens with two attached hydrogens (primary N) is 3. The van der Waals surface area contributed by atoms with E-state index in [9.17, 15) is 53.1 Å². The number of para-hydroxylation sites is 1. The normalized spacial score (nSPS) is 19.9. The number of carbonyl (C=O) groups excluding carboxylic acids is 13. The van der Waals surface area contributed by atoms with Crippen molar-refractivity contribution >= 4 is 122 Å². The molecule has 10 atom stereocenters. The van der Waals surface area contributed by atoms with Crippen LogP contribution in [0.2, 0.25) is 5.02 Å². The summed E-state index contributed by atoms with van der Waals surface area (Å²) in [5.41, 5.74) is 15.2. The number of H-pyrrole nitrogens is 1. The van der Waals surface area contributed by atoms with Gasteiger partial charge in [0.15, 0.2) is 5.96 Å². The number of guanidine groups is 1. The Morgan fingerprint density at radius 2 is 1.33 bits per heavy atom. The second-order valence-corrected chi connectivity index (χ2v) is 26.6. The van der Waals surface area contributed by atoms with Crippen molar-refractivity contribution in [2.24, 2.45) is 23.2 Å². The van der Waals surface area contributed by atoms with Crippen LogP contribution in [0.3, 0.4) is 0 Å². The van der Waals surface area contributed by atoms with Gasteiger partial charge in [0, 0.05) is 80.9 Å². The van der Waals surface area contributed by atoms with Gasteiger partial charge in [0.2, 0.25) is 76.8 Å². The van der Waals surface area contributed by atoms with Crippen LogP contribution in [0.1, 0.15) is 95.2 Å². The highest BCUT2D eigenvalue weighted by Gasteiger charge is 2.41. The number of hydrazine groups is 1. The van der Waals surface area contributed by atoms with Crippen LogP contribution in [-0.4, -0.2) is 197 Å². The molecule has 0 aliphatic carbocycles. The Balaban J connectivity index is 1.24. The summed E-state index contributed by atoms with van der Waals surface area (Å²) in [6, 6.07) is 10.5. The van der Waals surface area contributed by atoms with E-state index in [1.807, 2.05) is 23.6 Å². The highest BCUT2D eigenvalue weighted by atomic mass is 35.5. The Morgan fingerprint density at radius 3 is 2.02 bits per heavy atom. The van der Waals surface area contributed by atoms with Gasteiger partial charge < -0.3 is 90.3 Å². The fourth-order valence-electron chi connectivity index (χ4n) is 12.2. The third kappa shape index (κ3) is 24.7. The molecule has 0 unspecified atom stereocenters. The number of likely N-dealkylation sites (tertiary alicyclic amines) is 1. The number of nitrogens with one attached hydrogen (secondary N) is 15. The van der Waals surface area contributed by atoms with Crippen LogP contribution in [0.5, 0.6) is 0 Å². The van der Waals surface area contributed by atoms with Crippen molar-refractivity contribution in [2.75, 3.05) is 32.7 Å². The van der Waals surface area contributed by atoms with Gasteiger partial charge >= 0.3 is 5.97 Å². The van der Waals surface area contributed by atoms with E-state index in [0.29, 0.717) is 39.0 Å². The monoisotopic (exact) mass is 1470 g/mol. The topological polar surface area (TPSA) is 537 Å². The first-order chi connectivity index (χ1) is 50.1. The minimum atomic E-state index is -1.92. The molecule has 2 fully saturated rings. The molecule has 0 radical (unpaired) electrons. The molecule has 22 N–H and O–H groups in total. The summed E-state index contributed by atoms with van der Waals surface area (Å²) in [4.78, 5) is 202. The summed E-state index contributed by atoms with van der Waals surface area (Å²) in [6.07, 6.45) is -0.865. The van der Waals surface area contributed by atoms with E-state index in [-0.39, 0.29) is 76.3 Å². The van der Waals surface area contributed by atoms with E-state index in [1.165, 1.54) is 4.90 Å². The van der Waals surface area contributed by atoms with Gasteiger partial charge in [-0.3, -0.25) is 73.2 Å². The van der Waals surface area contributed by atoms with Crippen molar-refractivity contribution in [1.29, 1.82) is 5.41 Å². The van der Waals surface area contributed by atoms with Crippen LogP contribution in [0, 0.1) is 11.3 Å². The molecule has 2 aliphatic heterocycles. The van der Waals surface area contributed by atoms with E-state index < -0.39 is 182 Å². The van der Waals surface area contributed by atoms with Crippen molar-refractivity contribution < 1.29 is 72.2 Å². The summed E-state index contributed by atoms with van der Waals surface area (Å²) >= 11 is 6.21. The average Bonchev–Trinajstić information content (AvgIpc) is 1.55. The lowest BCUT2D eigenvalue weighted by molar-refractivity contribution is -0.145. The van der Waals surface area contributed by atoms with Gasteiger partial charge in [-0.25, -0.2) is 10.6 Å². The molecule has 0 spiro atoms. The number of carbonyl (C=O) groups is 14. The van der Waals surface area contributed by atoms with E-state index in [4.69, 9.17) is 34.3 Å². The maximum atomic E-state index is 15.3. The molecule has 5 aromatic rings. The number of aromatic amines is 1. The second-order valence-electron chi connectivity index (χ2n) is 26.1. The molecular weight excluding hydrogens is 1380 g/mol. The molecular formula is C70H92ClN19O15. The number of nitrogens with zero attached hydrogens (tertiary/aromatic N) is 1. The summed E-state index contributed by atoms with van der Waals surface area (Å²) < 4.78 is 0. The highest BCUT2D eigenvalue weighted by molar-refractivity contribution is 6.30. The number of hydrogen-bond donors (Lipinski definition) is 19. The van der Waals surface area contributed by atoms with Crippen LogP contribution in [0.4, 0.5) is 0 Å². The predicted molar refractivity (Wildman–Crippen MR) is 385 cm³/mol. The molecule has 0 bridgehead atoms. The molecule has 564 valence electrons. The summed E-state index contributed by atoms with van der Waals surface area (Å²) in [5.74, 6) is -8.26. The molecule has 105 heavy (non-hydrogen) atoms. The molecule has 0 saturated carbocycles. The number of hydrogen-bond acceptors (Lipinski definition) is 17. The van der Waals surface area contributed by atoms with Crippen molar-refractivity contribution in [3.8, 4) is 0 Å². The number of benzene rings is 4. The largest absolute Gasteiger partial charge is 0.480 e. The number of carboxylic acids is 1. The molecule has 1 aromatic heterocycles. The quantitative estimate of drug-likeness (QED) is 0.00681. The maximum absolute atomic E-state index is 15.3. The minimum Gasteiger partial charge on any atom is -0.480 e. The number of aliphatic carboxylic acids is 1. The average molecular weight is 1480 g/mol. The molecule has 34 nitrogen and oxygen atoms in total. The van der Waals surface area contributed by atoms with Crippen molar-refractivity contribution in [2.45, 2.75) is 158 Å². The van der Waals surface area contributed by atoms with Crippen LogP contribution in [0.25, 0.3) is 21.7 Å². The summed E-state index contributed by atoms with van der Waals surface area (Å²) in [7, 11) is 0. The minimum absolute atomic E-state index is 0.0499. The zero-order valence-corrected chi connectivity index (χ0v) is 59.1. The third-order valence-corrected chi connectivity index (χ3v) is 17.9. The standard InChI is InChI=1S/C70H92ClN19O15/c1-37(2)28-50(62(97)82-49(14-8-25-77-70(73)74)68(103)90-27-9-15-56(90)67(102)88-55(34-72)69(104)105)83-64(99)52(31-40-16-19-41-10-4-5-11-42(41)29-40)85-61(96)48-24-26-76-59(94)36-79-57(92)23-22-47(80-38(3)91)60(95)84-51(30-39-17-20-44(71)21-18-39)63(98)86-53(32-43-35-78-46-13-7-6-12-45(43)46)65(100)87-54(66(101)81-48)33-58(93)89-75/h4-7,10-13,16-21,29,35,37,47-56,78H,8-9,14-15,22-28,30-34,36,72,75H2,1-3H3,(H,76,94)(H,79,92)(H,80,91)(H,81,101)(H,82,97)(H,83,99)(H,84,95)(H,85,96)(H,86,98)(H,87,100)(H,88,102)(H,89,93)(H,104,105)(H4,73,74,77)/t47-,48+,49-,50-,51+,52+,53+,54-,55-,56-/m0/s1. The number of halogens is 1. The van der Waals surface area contributed by atoms with Gasteiger partial charge in [0.05, 0.1) is 13.0 Å². The Hall–Kier alpha value is -11.3. The van der Waals surface area contributed by atoms with Gasteiger partial charge in [-0.1, -0.05) is 98.2 Å². The lowest BCUT2D eigenvalue weighted by Crippen LogP contribution is -2.61. The molecule has 13 amide bonds. The van der Waals surface area contributed by atoms with Crippen LogP contribution < -0.4 is 86.5 Å². The smallest absolute Gasteiger partial charge is 0.327 e. The number of amides is 13. The van der Waals surface area contributed by atoms with Crippen molar-refractivity contribution in [3.63, 3.8) is 0 Å². The van der Waals surface area contributed by atoms with Crippen molar-refractivity contribution in [1.82, 2.24) is 79.1 Å².